The van der Waals surface area contributed by atoms with Gasteiger partial charge in [0.2, 0.25) is 0 Å². The van der Waals surface area contributed by atoms with Gasteiger partial charge in [0.05, 0.1) is 17.7 Å². The Morgan fingerprint density at radius 1 is 1.04 bits per heavy atom. The smallest absolute Gasteiger partial charge is 0.254 e. The van der Waals surface area contributed by atoms with Crippen molar-refractivity contribution < 1.29 is 9.53 Å². The predicted octanol–water partition coefficient (Wildman–Crippen LogP) is 4.70. The van der Waals surface area contributed by atoms with Crippen LogP contribution in [0.5, 0.6) is 5.75 Å². The Kier molecular flexibility index (Phi) is 5.75. The standard InChI is InChI=1S/C23H26N2O2/c1-16-7-5-8-19(13-16)27-12-6-11-25(4)23(26)21-15-18(3)24-22-10-9-17(2)14-20(21)22/h5,7-10,13-15H,6,11-12H2,1-4H3. The van der Waals surface area contributed by atoms with Crippen LogP contribution in [-0.2, 0) is 0 Å². The summed E-state index contributed by atoms with van der Waals surface area (Å²) in [6.07, 6.45) is 0.775. The second kappa shape index (κ2) is 8.21. The predicted molar refractivity (Wildman–Crippen MR) is 109 cm³/mol. The van der Waals surface area contributed by atoms with Crippen LogP contribution in [0.4, 0.5) is 0 Å². The van der Waals surface area contributed by atoms with Crippen LogP contribution < -0.4 is 4.74 Å². The number of pyridine rings is 1. The van der Waals surface area contributed by atoms with Gasteiger partial charge in [-0.3, -0.25) is 9.78 Å². The molecule has 0 radical (unpaired) electrons. The first-order chi connectivity index (χ1) is 12.9. The van der Waals surface area contributed by atoms with Gasteiger partial charge in [0.25, 0.3) is 5.91 Å². The summed E-state index contributed by atoms with van der Waals surface area (Å²) in [6.45, 7) is 7.21. The Bertz CT molecular complexity index is 966. The van der Waals surface area contributed by atoms with E-state index in [-0.39, 0.29) is 5.91 Å². The third-order valence-electron chi connectivity index (χ3n) is 4.57. The molecule has 140 valence electrons. The quantitative estimate of drug-likeness (QED) is 0.597. The molecule has 0 saturated heterocycles. The molecule has 0 aliphatic carbocycles. The fourth-order valence-corrected chi connectivity index (χ4v) is 3.15. The van der Waals surface area contributed by atoms with Crippen LogP contribution in [0, 0.1) is 20.8 Å². The molecule has 0 unspecified atom stereocenters. The van der Waals surface area contributed by atoms with E-state index < -0.39 is 0 Å². The molecule has 3 aromatic rings. The maximum atomic E-state index is 13.0. The minimum Gasteiger partial charge on any atom is -0.494 e. The van der Waals surface area contributed by atoms with Crippen LogP contribution in [0.15, 0.2) is 48.5 Å². The second-order valence-electron chi connectivity index (χ2n) is 7.08. The normalized spacial score (nSPS) is 10.8. The lowest BCUT2D eigenvalue weighted by atomic mass is 10.0. The van der Waals surface area contributed by atoms with Crippen molar-refractivity contribution in [3.63, 3.8) is 0 Å². The fraction of sp³-hybridized carbons (Fsp3) is 0.304. The zero-order chi connectivity index (χ0) is 19.4. The Labute approximate surface area is 160 Å². The molecule has 27 heavy (non-hydrogen) atoms. The first kappa shape index (κ1) is 18.9. The highest BCUT2D eigenvalue weighted by Crippen LogP contribution is 2.21. The minimum absolute atomic E-state index is 0.0201. The number of carbonyl (C=O) groups excluding carboxylic acids is 1. The van der Waals surface area contributed by atoms with Gasteiger partial charge in [0, 0.05) is 24.7 Å². The van der Waals surface area contributed by atoms with Gasteiger partial charge < -0.3 is 9.64 Å². The minimum atomic E-state index is 0.0201. The van der Waals surface area contributed by atoms with Crippen LogP contribution in [0.25, 0.3) is 10.9 Å². The lowest BCUT2D eigenvalue weighted by molar-refractivity contribution is 0.0789. The van der Waals surface area contributed by atoms with E-state index in [0.717, 1.165) is 34.3 Å². The molecular weight excluding hydrogens is 336 g/mol. The lowest BCUT2D eigenvalue weighted by Gasteiger charge is -2.19. The SMILES string of the molecule is Cc1cccc(OCCCN(C)C(=O)c2cc(C)nc3ccc(C)cc23)c1. The molecule has 1 aromatic heterocycles. The molecule has 0 N–H and O–H groups in total. The van der Waals surface area contributed by atoms with Crippen molar-refractivity contribution in [1.82, 2.24) is 9.88 Å². The summed E-state index contributed by atoms with van der Waals surface area (Å²) in [5, 5.41) is 0.911. The lowest BCUT2D eigenvalue weighted by Crippen LogP contribution is -2.29. The van der Waals surface area contributed by atoms with Gasteiger partial charge in [-0.1, -0.05) is 23.8 Å². The highest BCUT2D eigenvalue weighted by molar-refractivity contribution is 6.06. The van der Waals surface area contributed by atoms with Crippen molar-refractivity contribution in [3.8, 4) is 5.75 Å². The third-order valence-corrected chi connectivity index (χ3v) is 4.57. The van der Waals surface area contributed by atoms with Crippen molar-refractivity contribution in [2.24, 2.45) is 0 Å². The molecule has 0 spiro atoms. The molecule has 4 heteroatoms. The van der Waals surface area contributed by atoms with Crippen molar-refractivity contribution in [3.05, 3.63) is 70.9 Å². The van der Waals surface area contributed by atoms with Gasteiger partial charge in [0.15, 0.2) is 0 Å². The molecule has 1 amide bonds. The van der Waals surface area contributed by atoms with Gasteiger partial charge in [0.1, 0.15) is 5.75 Å². The maximum absolute atomic E-state index is 13.0. The van der Waals surface area contributed by atoms with Crippen LogP contribution in [0.3, 0.4) is 0 Å². The number of nitrogens with zero attached hydrogens (tertiary/aromatic N) is 2. The molecule has 0 aliphatic rings. The molecule has 0 atom stereocenters. The zero-order valence-corrected chi connectivity index (χ0v) is 16.5. The fourth-order valence-electron chi connectivity index (χ4n) is 3.15. The second-order valence-corrected chi connectivity index (χ2v) is 7.08. The van der Waals surface area contributed by atoms with E-state index in [2.05, 4.69) is 4.98 Å². The number of hydrogen-bond donors (Lipinski definition) is 0. The largest absolute Gasteiger partial charge is 0.494 e. The number of benzene rings is 2. The summed E-state index contributed by atoms with van der Waals surface area (Å²) in [5.41, 5.74) is 4.72. The summed E-state index contributed by atoms with van der Waals surface area (Å²) in [5.74, 6) is 0.891. The molecule has 3 rings (SSSR count). The Morgan fingerprint density at radius 2 is 1.81 bits per heavy atom. The van der Waals surface area contributed by atoms with Crippen molar-refractivity contribution >= 4 is 16.8 Å². The Morgan fingerprint density at radius 3 is 2.59 bits per heavy atom. The monoisotopic (exact) mass is 362 g/mol. The number of aryl methyl sites for hydroxylation is 3. The van der Waals surface area contributed by atoms with E-state index in [0.29, 0.717) is 18.7 Å². The molecular formula is C23H26N2O2. The molecule has 0 fully saturated rings. The summed E-state index contributed by atoms with van der Waals surface area (Å²) in [7, 11) is 1.84. The molecule has 0 aliphatic heterocycles. The van der Waals surface area contributed by atoms with Crippen LogP contribution in [0.2, 0.25) is 0 Å². The summed E-state index contributed by atoms with van der Waals surface area (Å²) < 4.78 is 5.78. The number of rotatable bonds is 6. The van der Waals surface area contributed by atoms with Crippen molar-refractivity contribution in [2.45, 2.75) is 27.2 Å². The van der Waals surface area contributed by atoms with Gasteiger partial charge in [-0.25, -0.2) is 0 Å². The van der Waals surface area contributed by atoms with Gasteiger partial charge >= 0.3 is 0 Å². The summed E-state index contributed by atoms with van der Waals surface area (Å²) in [6, 6.07) is 15.9. The van der Waals surface area contributed by atoms with E-state index in [4.69, 9.17) is 4.74 Å². The number of aromatic nitrogens is 1. The molecule has 0 saturated carbocycles. The van der Waals surface area contributed by atoms with Gasteiger partial charge in [-0.15, -0.1) is 0 Å². The van der Waals surface area contributed by atoms with E-state index in [1.54, 1.807) is 4.90 Å². The average molecular weight is 362 g/mol. The topological polar surface area (TPSA) is 42.4 Å². The number of amides is 1. The Balaban J connectivity index is 1.65. The van der Waals surface area contributed by atoms with Crippen molar-refractivity contribution in [2.75, 3.05) is 20.2 Å². The molecule has 4 nitrogen and oxygen atoms in total. The van der Waals surface area contributed by atoms with E-state index in [1.807, 2.05) is 76.3 Å². The van der Waals surface area contributed by atoms with E-state index in [1.165, 1.54) is 5.56 Å². The molecule has 1 heterocycles. The van der Waals surface area contributed by atoms with E-state index in [9.17, 15) is 4.79 Å². The maximum Gasteiger partial charge on any atom is 0.254 e. The zero-order valence-electron chi connectivity index (χ0n) is 16.5. The highest BCUT2D eigenvalue weighted by Gasteiger charge is 2.16. The van der Waals surface area contributed by atoms with Crippen LogP contribution in [-0.4, -0.2) is 36.0 Å². The molecule has 0 bridgehead atoms. The molecule has 2 aromatic carbocycles. The first-order valence-electron chi connectivity index (χ1n) is 9.27. The van der Waals surface area contributed by atoms with E-state index >= 15 is 0 Å². The number of ether oxygens (including phenoxy) is 1. The summed E-state index contributed by atoms with van der Waals surface area (Å²) >= 11 is 0. The van der Waals surface area contributed by atoms with Crippen LogP contribution >= 0.6 is 0 Å². The Hall–Kier alpha value is -2.88. The average Bonchev–Trinajstić information content (AvgIpc) is 2.64. The van der Waals surface area contributed by atoms with Crippen molar-refractivity contribution in [1.29, 1.82) is 0 Å². The van der Waals surface area contributed by atoms with Gasteiger partial charge in [-0.05, 0) is 63.1 Å². The number of hydrogen-bond acceptors (Lipinski definition) is 3. The number of fused-ring (bicyclic) bond motifs is 1. The van der Waals surface area contributed by atoms with Gasteiger partial charge in [-0.2, -0.15) is 0 Å². The third kappa shape index (κ3) is 4.64. The number of carbonyl (C=O) groups is 1. The summed E-state index contributed by atoms with van der Waals surface area (Å²) in [4.78, 5) is 19.3. The highest BCUT2D eigenvalue weighted by atomic mass is 16.5. The first-order valence-corrected chi connectivity index (χ1v) is 9.27. The van der Waals surface area contributed by atoms with Crippen LogP contribution in [0.1, 0.15) is 33.6 Å².